The molecule has 0 aliphatic heterocycles. The van der Waals surface area contributed by atoms with E-state index in [-0.39, 0.29) is 18.3 Å². The summed E-state index contributed by atoms with van der Waals surface area (Å²) in [7, 11) is 0. The Morgan fingerprint density at radius 2 is 1.95 bits per heavy atom. The minimum atomic E-state index is -0.891. The Morgan fingerprint density at radius 1 is 1.24 bits per heavy atom. The van der Waals surface area contributed by atoms with Crippen LogP contribution in [0.25, 0.3) is 0 Å². The van der Waals surface area contributed by atoms with Crippen LogP contribution in [0.5, 0.6) is 0 Å². The lowest BCUT2D eigenvalue weighted by atomic mass is 10.2. The number of carbonyl (C=O) groups excluding carboxylic acids is 2. The van der Waals surface area contributed by atoms with E-state index in [0.29, 0.717) is 5.76 Å². The number of carbonyl (C=O) groups is 2. The van der Waals surface area contributed by atoms with Gasteiger partial charge in [-0.25, -0.2) is 4.39 Å². The van der Waals surface area contributed by atoms with Crippen molar-refractivity contribution in [3.05, 3.63) is 59.8 Å². The zero-order chi connectivity index (χ0) is 15.2. The molecule has 0 radical (unpaired) electrons. The molecule has 1 aromatic carbocycles. The maximum absolute atomic E-state index is 12.8. The first kappa shape index (κ1) is 14.8. The van der Waals surface area contributed by atoms with Gasteiger partial charge in [-0.15, -0.1) is 0 Å². The van der Waals surface area contributed by atoms with Gasteiger partial charge in [0.25, 0.3) is 5.91 Å². The second-order valence-corrected chi connectivity index (χ2v) is 4.49. The Labute approximate surface area is 121 Å². The number of halogens is 1. The van der Waals surface area contributed by atoms with Gasteiger partial charge in [0.1, 0.15) is 11.6 Å². The van der Waals surface area contributed by atoms with Crippen LogP contribution in [0.15, 0.2) is 47.1 Å². The van der Waals surface area contributed by atoms with Gasteiger partial charge < -0.3 is 15.1 Å². The zero-order valence-electron chi connectivity index (χ0n) is 11.4. The molecule has 5 nitrogen and oxygen atoms in total. The first-order valence-corrected chi connectivity index (χ1v) is 6.39. The highest BCUT2D eigenvalue weighted by molar-refractivity contribution is 5.87. The summed E-state index contributed by atoms with van der Waals surface area (Å²) in [6.07, 6.45) is 1.43. The molecule has 0 unspecified atom stereocenters. The molecule has 2 N–H and O–H groups in total. The van der Waals surface area contributed by atoms with Crippen LogP contribution in [-0.2, 0) is 16.1 Å². The number of furan rings is 1. The van der Waals surface area contributed by atoms with Crippen molar-refractivity contribution < 1.29 is 18.4 Å². The van der Waals surface area contributed by atoms with E-state index in [4.69, 9.17) is 4.42 Å². The van der Waals surface area contributed by atoms with Crippen molar-refractivity contribution in [1.29, 1.82) is 0 Å². The molecule has 0 saturated heterocycles. The van der Waals surface area contributed by atoms with Gasteiger partial charge in [-0.3, -0.25) is 9.59 Å². The van der Waals surface area contributed by atoms with Crippen molar-refractivity contribution in [2.75, 3.05) is 0 Å². The number of hydrogen-bond donors (Lipinski definition) is 2. The second kappa shape index (κ2) is 6.69. The van der Waals surface area contributed by atoms with Crippen molar-refractivity contribution >= 4 is 11.8 Å². The van der Waals surface area contributed by atoms with Gasteiger partial charge in [0.2, 0.25) is 5.91 Å². The van der Waals surface area contributed by atoms with Crippen LogP contribution in [0, 0.1) is 5.82 Å². The molecule has 0 saturated carbocycles. The van der Waals surface area contributed by atoms with E-state index in [1.807, 2.05) is 0 Å². The molecule has 2 aromatic rings. The Hall–Kier alpha value is -2.63. The first-order chi connectivity index (χ1) is 10.1. The quantitative estimate of drug-likeness (QED) is 0.883. The fourth-order valence-electron chi connectivity index (χ4n) is 1.82. The summed E-state index contributed by atoms with van der Waals surface area (Å²) in [6.45, 7) is 1.55. The summed E-state index contributed by atoms with van der Waals surface area (Å²) in [5, 5.41) is 5.20. The predicted octanol–water partition coefficient (Wildman–Crippen LogP) is 1.91. The zero-order valence-corrected chi connectivity index (χ0v) is 11.4. The van der Waals surface area contributed by atoms with Crippen LogP contribution in [0.1, 0.15) is 24.3 Å². The van der Waals surface area contributed by atoms with Crippen LogP contribution in [0.3, 0.4) is 0 Å². The monoisotopic (exact) mass is 290 g/mol. The third-order valence-electron chi connectivity index (χ3n) is 2.82. The van der Waals surface area contributed by atoms with Crippen LogP contribution >= 0.6 is 0 Å². The van der Waals surface area contributed by atoms with Gasteiger partial charge in [-0.05, 0) is 29.8 Å². The van der Waals surface area contributed by atoms with Crippen molar-refractivity contribution in [2.24, 2.45) is 0 Å². The molecule has 2 amide bonds. The average molecular weight is 290 g/mol. The van der Waals surface area contributed by atoms with Crippen LogP contribution in [0.4, 0.5) is 4.39 Å². The van der Waals surface area contributed by atoms with Crippen molar-refractivity contribution in [2.45, 2.75) is 19.5 Å². The van der Waals surface area contributed by atoms with Crippen LogP contribution in [-0.4, -0.2) is 11.8 Å². The summed E-state index contributed by atoms with van der Waals surface area (Å²) in [4.78, 5) is 23.3. The summed E-state index contributed by atoms with van der Waals surface area (Å²) < 4.78 is 18.0. The third kappa shape index (κ3) is 4.17. The van der Waals surface area contributed by atoms with E-state index in [1.54, 1.807) is 24.3 Å². The normalized spacial score (nSPS) is 11.7. The lowest BCUT2D eigenvalue weighted by Gasteiger charge is -2.15. The molecule has 0 spiro atoms. The number of amides is 2. The van der Waals surface area contributed by atoms with Gasteiger partial charge in [0.05, 0.1) is 6.26 Å². The van der Waals surface area contributed by atoms with Crippen LogP contribution < -0.4 is 10.6 Å². The molecule has 1 heterocycles. The number of nitrogens with one attached hydrogen (secondary N) is 2. The molecule has 6 heteroatoms. The minimum Gasteiger partial charge on any atom is -0.467 e. The largest absolute Gasteiger partial charge is 0.467 e. The summed E-state index contributed by atoms with van der Waals surface area (Å²) in [6, 6.07) is 8.15. The fourth-order valence-corrected chi connectivity index (χ4v) is 1.82. The van der Waals surface area contributed by atoms with Gasteiger partial charge in [0, 0.05) is 13.5 Å². The highest BCUT2D eigenvalue weighted by Gasteiger charge is 2.23. The van der Waals surface area contributed by atoms with E-state index < -0.39 is 11.9 Å². The topological polar surface area (TPSA) is 71.3 Å². The maximum Gasteiger partial charge on any atom is 0.250 e. The fraction of sp³-hybridized carbons (Fsp3) is 0.200. The van der Waals surface area contributed by atoms with Crippen molar-refractivity contribution in [3.8, 4) is 0 Å². The van der Waals surface area contributed by atoms with Gasteiger partial charge >= 0.3 is 0 Å². The van der Waals surface area contributed by atoms with E-state index in [1.165, 1.54) is 25.3 Å². The highest BCUT2D eigenvalue weighted by Crippen LogP contribution is 2.14. The van der Waals surface area contributed by atoms with Gasteiger partial charge in [0.15, 0.2) is 6.04 Å². The molecule has 0 bridgehead atoms. The smallest absolute Gasteiger partial charge is 0.250 e. The summed E-state index contributed by atoms with van der Waals surface area (Å²) >= 11 is 0. The number of rotatable bonds is 5. The Kier molecular flexibility index (Phi) is 4.71. The Balaban J connectivity index is 2.01. The highest BCUT2D eigenvalue weighted by atomic mass is 19.1. The van der Waals surface area contributed by atoms with E-state index in [9.17, 15) is 14.0 Å². The van der Waals surface area contributed by atoms with E-state index in [2.05, 4.69) is 10.6 Å². The molecular weight excluding hydrogens is 275 g/mol. The lowest BCUT2D eigenvalue weighted by Crippen LogP contribution is -2.39. The van der Waals surface area contributed by atoms with Crippen LogP contribution in [0.2, 0.25) is 0 Å². The predicted molar refractivity (Wildman–Crippen MR) is 73.5 cm³/mol. The Bertz CT molecular complexity index is 608. The third-order valence-corrected chi connectivity index (χ3v) is 2.82. The van der Waals surface area contributed by atoms with Crippen molar-refractivity contribution in [3.63, 3.8) is 0 Å². The molecule has 0 fully saturated rings. The molecular formula is C15H15FN2O3. The SMILES string of the molecule is CC(=O)N[C@@H](C(=O)NCc1ccc(F)cc1)c1ccco1. The average Bonchev–Trinajstić information content (AvgIpc) is 2.97. The van der Waals surface area contributed by atoms with Gasteiger partial charge in [-0.1, -0.05) is 12.1 Å². The first-order valence-electron chi connectivity index (χ1n) is 6.39. The molecule has 1 aromatic heterocycles. The molecule has 21 heavy (non-hydrogen) atoms. The standard InChI is InChI=1S/C15H15FN2O3/c1-10(19)18-14(13-3-2-8-21-13)15(20)17-9-11-4-6-12(16)7-5-11/h2-8,14H,9H2,1H3,(H,17,20)(H,18,19)/t14-/m1/s1. The molecule has 0 aliphatic rings. The molecule has 110 valence electrons. The maximum atomic E-state index is 12.8. The molecule has 1 atom stereocenters. The minimum absolute atomic E-state index is 0.232. The van der Waals surface area contributed by atoms with E-state index in [0.717, 1.165) is 5.56 Å². The second-order valence-electron chi connectivity index (χ2n) is 4.49. The summed E-state index contributed by atoms with van der Waals surface area (Å²) in [5.41, 5.74) is 0.755. The lowest BCUT2D eigenvalue weighted by molar-refractivity contribution is -0.128. The number of benzene rings is 1. The number of hydrogen-bond acceptors (Lipinski definition) is 3. The van der Waals surface area contributed by atoms with Crippen molar-refractivity contribution in [1.82, 2.24) is 10.6 Å². The Morgan fingerprint density at radius 3 is 2.52 bits per heavy atom. The summed E-state index contributed by atoms with van der Waals surface area (Å²) in [5.74, 6) is -0.726. The van der Waals surface area contributed by atoms with E-state index >= 15 is 0 Å². The molecule has 0 aliphatic carbocycles. The molecule has 2 rings (SSSR count). The van der Waals surface area contributed by atoms with Gasteiger partial charge in [-0.2, -0.15) is 0 Å².